The number of halogens is 4. The summed E-state index contributed by atoms with van der Waals surface area (Å²) in [6.07, 6.45) is 4.88. The molecule has 0 fully saturated rings. The van der Waals surface area contributed by atoms with Crippen LogP contribution in [0.1, 0.15) is 13.3 Å². The second-order valence-corrected chi connectivity index (χ2v) is 4.18. The van der Waals surface area contributed by atoms with Crippen LogP contribution in [-0.2, 0) is 21.7 Å². The zero-order chi connectivity index (χ0) is 10.8. The number of hydrogen-bond acceptors (Lipinski definition) is 1. The van der Waals surface area contributed by atoms with Gasteiger partial charge in [-0.1, -0.05) is 41.4 Å². The van der Waals surface area contributed by atoms with Crippen LogP contribution < -0.4 is 29.6 Å². The SMILES string of the molecule is CC1=C(Oc2c(Cl)cccc2Cl)CC=C1.[Cl-].[Cl-].[Ti+2]. The van der Waals surface area contributed by atoms with Crippen LogP contribution in [-0.4, -0.2) is 0 Å². The van der Waals surface area contributed by atoms with E-state index in [1.807, 2.05) is 13.0 Å². The molecule has 0 N–H and O–H groups in total. The maximum atomic E-state index is 6.00. The van der Waals surface area contributed by atoms with Crippen molar-refractivity contribution < 1.29 is 51.3 Å². The number of allylic oxidation sites excluding steroid dienone is 3. The van der Waals surface area contributed by atoms with E-state index in [2.05, 4.69) is 6.08 Å². The molecule has 1 aromatic carbocycles. The Morgan fingerprint density at radius 2 is 1.67 bits per heavy atom. The summed E-state index contributed by atoms with van der Waals surface area (Å²) in [7, 11) is 0. The van der Waals surface area contributed by atoms with Gasteiger partial charge in [0.2, 0.25) is 0 Å². The van der Waals surface area contributed by atoms with Gasteiger partial charge < -0.3 is 29.6 Å². The molecular weight excluding hydrogens is 350 g/mol. The van der Waals surface area contributed by atoms with Crippen molar-refractivity contribution in [2.75, 3.05) is 0 Å². The summed E-state index contributed by atoms with van der Waals surface area (Å²) in [5.41, 5.74) is 1.12. The molecule has 6 heteroatoms. The van der Waals surface area contributed by atoms with Gasteiger partial charge in [0.15, 0.2) is 5.75 Å². The van der Waals surface area contributed by atoms with Crippen LogP contribution in [0, 0.1) is 0 Å². The van der Waals surface area contributed by atoms with Crippen molar-refractivity contribution in [3.63, 3.8) is 0 Å². The largest absolute Gasteiger partial charge is 2.00 e. The minimum absolute atomic E-state index is 0. The Labute approximate surface area is 144 Å². The van der Waals surface area contributed by atoms with Gasteiger partial charge in [0.05, 0.1) is 10.0 Å². The number of benzene rings is 1. The minimum atomic E-state index is 0. The summed E-state index contributed by atoms with van der Waals surface area (Å²) in [4.78, 5) is 0. The first-order chi connectivity index (χ1) is 7.18. The smallest absolute Gasteiger partial charge is 1.00 e. The van der Waals surface area contributed by atoms with Gasteiger partial charge in [0.25, 0.3) is 0 Å². The molecule has 1 aromatic rings. The van der Waals surface area contributed by atoms with Crippen LogP contribution in [0.25, 0.3) is 0 Å². The predicted molar refractivity (Wildman–Crippen MR) is 63.5 cm³/mol. The summed E-state index contributed by atoms with van der Waals surface area (Å²) in [5.74, 6) is 1.45. The van der Waals surface area contributed by atoms with Gasteiger partial charge in [-0.2, -0.15) is 0 Å². The van der Waals surface area contributed by atoms with Crippen molar-refractivity contribution >= 4 is 23.2 Å². The van der Waals surface area contributed by atoms with Gasteiger partial charge in [-0.15, -0.1) is 0 Å². The second kappa shape index (κ2) is 9.31. The molecule has 0 unspecified atom stereocenters. The molecule has 1 aliphatic rings. The van der Waals surface area contributed by atoms with Crippen molar-refractivity contribution in [2.24, 2.45) is 0 Å². The third-order valence-corrected chi connectivity index (χ3v) is 2.85. The van der Waals surface area contributed by atoms with Crippen molar-refractivity contribution in [1.29, 1.82) is 0 Å². The molecule has 0 amide bonds. The fourth-order valence-corrected chi connectivity index (χ4v) is 1.90. The van der Waals surface area contributed by atoms with Crippen LogP contribution in [0.3, 0.4) is 0 Å². The number of ether oxygens (including phenoxy) is 1. The molecule has 1 nitrogen and oxygen atoms in total. The first kappa shape index (κ1) is 20.7. The van der Waals surface area contributed by atoms with Crippen LogP contribution in [0.4, 0.5) is 0 Å². The fourth-order valence-electron chi connectivity index (χ4n) is 1.42. The molecule has 0 spiro atoms. The first-order valence-corrected chi connectivity index (χ1v) is 5.42. The van der Waals surface area contributed by atoms with Gasteiger partial charge in [0.1, 0.15) is 5.76 Å². The Kier molecular flexibility index (Phi) is 10.7. The molecule has 0 heterocycles. The predicted octanol–water partition coefficient (Wildman–Crippen LogP) is -1.39. The third-order valence-electron chi connectivity index (χ3n) is 2.26. The third kappa shape index (κ3) is 4.81. The average molecular weight is 360 g/mol. The Morgan fingerprint density at radius 3 is 2.11 bits per heavy atom. The summed E-state index contributed by atoms with van der Waals surface area (Å²) >= 11 is 12.0. The van der Waals surface area contributed by atoms with E-state index in [4.69, 9.17) is 27.9 Å². The van der Waals surface area contributed by atoms with Crippen molar-refractivity contribution in [1.82, 2.24) is 0 Å². The zero-order valence-electron chi connectivity index (χ0n) is 9.51. The molecule has 0 bridgehead atoms. The standard InChI is InChI=1S/C12H10Cl2O.2ClH.Ti/c1-8-4-2-7-11(8)15-12-9(13)5-3-6-10(12)14;;;/h2-6H,7H2,1H3;2*1H;/q;;;+2/p-2. The summed E-state index contributed by atoms with van der Waals surface area (Å²) < 4.78 is 5.70. The monoisotopic (exact) mass is 358 g/mol. The van der Waals surface area contributed by atoms with E-state index in [0.29, 0.717) is 15.8 Å². The van der Waals surface area contributed by atoms with Gasteiger partial charge in [-0.3, -0.25) is 0 Å². The van der Waals surface area contributed by atoms with E-state index < -0.39 is 0 Å². The maximum Gasteiger partial charge on any atom is 2.00 e. The van der Waals surface area contributed by atoms with E-state index >= 15 is 0 Å². The molecule has 2 rings (SSSR count). The number of rotatable bonds is 2. The number of hydrogen-bond donors (Lipinski definition) is 0. The summed E-state index contributed by atoms with van der Waals surface area (Å²) in [5, 5.41) is 1.07. The van der Waals surface area contributed by atoms with Crippen LogP contribution >= 0.6 is 23.2 Å². The minimum Gasteiger partial charge on any atom is -1.00 e. The molecule has 96 valence electrons. The molecule has 0 saturated carbocycles. The van der Waals surface area contributed by atoms with Crippen molar-refractivity contribution in [2.45, 2.75) is 13.3 Å². The van der Waals surface area contributed by atoms with Crippen molar-refractivity contribution in [3.05, 3.63) is 51.7 Å². The first-order valence-electron chi connectivity index (χ1n) is 4.66. The summed E-state index contributed by atoms with van der Waals surface area (Å²) in [6, 6.07) is 5.33. The molecule has 0 aliphatic heterocycles. The molecule has 0 atom stereocenters. The quantitative estimate of drug-likeness (QED) is 0.591. The molecule has 0 radical (unpaired) electrons. The fraction of sp³-hybridized carbons (Fsp3) is 0.167. The van der Waals surface area contributed by atoms with Crippen LogP contribution in [0.15, 0.2) is 41.7 Å². The number of para-hydroxylation sites is 1. The van der Waals surface area contributed by atoms with Gasteiger partial charge in [-0.05, 0) is 24.6 Å². The Bertz CT molecular complexity index is 437. The van der Waals surface area contributed by atoms with Crippen LogP contribution in [0.5, 0.6) is 5.75 Å². The average Bonchev–Trinajstić information content (AvgIpc) is 2.58. The van der Waals surface area contributed by atoms with E-state index in [9.17, 15) is 0 Å². The summed E-state index contributed by atoms with van der Waals surface area (Å²) in [6.45, 7) is 2.00. The maximum absolute atomic E-state index is 6.00. The second-order valence-electron chi connectivity index (χ2n) is 3.37. The van der Waals surface area contributed by atoms with E-state index in [1.54, 1.807) is 18.2 Å². The van der Waals surface area contributed by atoms with E-state index in [-0.39, 0.29) is 46.5 Å². The van der Waals surface area contributed by atoms with Gasteiger partial charge >= 0.3 is 21.7 Å². The topological polar surface area (TPSA) is 9.23 Å². The normalized spacial score (nSPS) is 12.4. The molecular formula is C12H10Cl4OTi. The van der Waals surface area contributed by atoms with Crippen LogP contribution in [0.2, 0.25) is 10.0 Å². The van der Waals surface area contributed by atoms with E-state index in [0.717, 1.165) is 17.8 Å². The zero-order valence-corrected chi connectivity index (χ0v) is 14.1. The molecule has 1 aliphatic carbocycles. The molecule has 0 aromatic heterocycles. The Morgan fingerprint density at radius 1 is 1.11 bits per heavy atom. The van der Waals surface area contributed by atoms with E-state index in [1.165, 1.54) is 0 Å². The molecule has 18 heavy (non-hydrogen) atoms. The molecule has 0 saturated heterocycles. The van der Waals surface area contributed by atoms with Gasteiger partial charge in [-0.25, -0.2) is 0 Å². The Balaban J connectivity index is 0. The van der Waals surface area contributed by atoms with Gasteiger partial charge in [0, 0.05) is 6.42 Å². The Hall–Kier alpha value is 0.374. The van der Waals surface area contributed by atoms with Crippen molar-refractivity contribution in [3.8, 4) is 5.75 Å².